The van der Waals surface area contributed by atoms with Crippen LogP contribution in [0.4, 0.5) is 5.69 Å². The molecular formula is C10H12ClN5. The number of rotatable bonds is 4. The molecule has 1 N–H and O–H groups in total. The van der Waals surface area contributed by atoms with E-state index in [0.29, 0.717) is 18.2 Å². The van der Waals surface area contributed by atoms with Crippen LogP contribution in [0.1, 0.15) is 11.4 Å². The van der Waals surface area contributed by atoms with Crippen LogP contribution in [0.15, 0.2) is 24.3 Å². The summed E-state index contributed by atoms with van der Waals surface area (Å²) in [6.07, 6.45) is 0. The molecule has 0 atom stereocenters. The first-order valence-electron chi connectivity index (χ1n) is 4.89. The maximum Gasteiger partial charge on any atom is 0.193 e. The van der Waals surface area contributed by atoms with E-state index < -0.39 is 0 Å². The average molecular weight is 238 g/mol. The molecule has 0 amide bonds. The van der Waals surface area contributed by atoms with Crippen molar-refractivity contribution in [2.24, 2.45) is 7.05 Å². The third kappa shape index (κ3) is 2.70. The van der Waals surface area contributed by atoms with E-state index in [1.165, 1.54) is 4.80 Å². The molecule has 1 aromatic heterocycles. The lowest BCUT2D eigenvalue weighted by Crippen LogP contribution is -2.02. The normalized spacial score (nSPS) is 10.4. The Morgan fingerprint density at radius 1 is 1.44 bits per heavy atom. The molecule has 84 valence electrons. The van der Waals surface area contributed by atoms with Crippen molar-refractivity contribution in [1.29, 1.82) is 0 Å². The summed E-state index contributed by atoms with van der Waals surface area (Å²) in [6.45, 7) is 0.555. The van der Waals surface area contributed by atoms with Crippen LogP contribution in [0.25, 0.3) is 0 Å². The van der Waals surface area contributed by atoms with Crippen molar-refractivity contribution in [3.8, 4) is 0 Å². The van der Waals surface area contributed by atoms with E-state index in [1.807, 2.05) is 24.3 Å². The van der Waals surface area contributed by atoms with E-state index in [1.54, 1.807) is 7.05 Å². The molecule has 0 aliphatic heterocycles. The average Bonchev–Trinajstić information content (AvgIpc) is 2.73. The van der Waals surface area contributed by atoms with Gasteiger partial charge in [-0.05, 0) is 22.9 Å². The summed E-state index contributed by atoms with van der Waals surface area (Å²) in [5.41, 5.74) is 2.09. The number of hydrogen-bond acceptors (Lipinski definition) is 4. The smallest absolute Gasteiger partial charge is 0.193 e. The van der Waals surface area contributed by atoms with Crippen molar-refractivity contribution in [2.75, 3.05) is 5.32 Å². The first-order chi connectivity index (χ1) is 7.78. The van der Waals surface area contributed by atoms with E-state index in [-0.39, 0.29) is 0 Å². The highest BCUT2D eigenvalue weighted by Crippen LogP contribution is 2.12. The summed E-state index contributed by atoms with van der Waals surface area (Å²) in [5.74, 6) is 1.18. The van der Waals surface area contributed by atoms with Gasteiger partial charge in [-0.1, -0.05) is 12.1 Å². The van der Waals surface area contributed by atoms with Crippen molar-refractivity contribution in [1.82, 2.24) is 20.2 Å². The van der Waals surface area contributed by atoms with Gasteiger partial charge in [-0.3, -0.25) is 0 Å². The van der Waals surface area contributed by atoms with Gasteiger partial charge in [0, 0.05) is 11.6 Å². The van der Waals surface area contributed by atoms with Gasteiger partial charge in [0.1, 0.15) is 0 Å². The standard InChI is InChI=1S/C10H12ClN5/c1-16-14-10(13-15-16)7-12-9-4-2-3-8(5-9)6-11/h2-5,12H,6-7H2,1H3. The molecule has 0 bridgehead atoms. The number of aryl methyl sites for hydroxylation is 1. The summed E-state index contributed by atoms with van der Waals surface area (Å²) >= 11 is 5.75. The molecule has 0 unspecified atom stereocenters. The SMILES string of the molecule is Cn1nnc(CNc2cccc(CCl)c2)n1. The van der Waals surface area contributed by atoms with E-state index in [9.17, 15) is 0 Å². The highest BCUT2D eigenvalue weighted by molar-refractivity contribution is 6.17. The minimum Gasteiger partial charge on any atom is -0.378 e. The number of alkyl halides is 1. The molecule has 1 aromatic carbocycles. The second-order valence-electron chi connectivity index (χ2n) is 3.38. The van der Waals surface area contributed by atoms with E-state index in [2.05, 4.69) is 20.7 Å². The predicted octanol–water partition coefficient (Wildman–Crippen LogP) is 1.56. The predicted molar refractivity (Wildman–Crippen MR) is 62.1 cm³/mol. The number of benzene rings is 1. The van der Waals surface area contributed by atoms with Gasteiger partial charge < -0.3 is 5.32 Å². The fourth-order valence-corrected chi connectivity index (χ4v) is 1.51. The Hall–Kier alpha value is -1.62. The lowest BCUT2D eigenvalue weighted by Gasteiger charge is -2.04. The van der Waals surface area contributed by atoms with Crippen molar-refractivity contribution in [2.45, 2.75) is 12.4 Å². The summed E-state index contributed by atoms with van der Waals surface area (Å²) in [4.78, 5) is 1.44. The van der Waals surface area contributed by atoms with Crippen molar-refractivity contribution in [3.63, 3.8) is 0 Å². The number of nitrogens with zero attached hydrogens (tertiary/aromatic N) is 4. The van der Waals surface area contributed by atoms with Gasteiger partial charge in [0.15, 0.2) is 5.82 Å². The van der Waals surface area contributed by atoms with Gasteiger partial charge in [-0.15, -0.1) is 21.8 Å². The molecule has 6 heteroatoms. The van der Waals surface area contributed by atoms with Gasteiger partial charge in [0.2, 0.25) is 0 Å². The van der Waals surface area contributed by atoms with Crippen molar-refractivity contribution in [3.05, 3.63) is 35.7 Å². The second-order valence-corrected chi connectivity index (χ2v) is 3.65. The van der Waals surface area contributed by atoms with Crippen LogP contribution in [-0.4, -0.2) is 20.2 Å². The topological polar surface area (TPSA) is 55.6 Å². The van der Waals surface area contributed by atoms with E-state index >= 15 is 0 Å². The maximum atomic E-state index is 5.75. The van der Waals surface area contributed by atoms with Crippen LogP contribution < -0.4 is 5.32 Å². The Morgan fingerprint density at radius 3 is 3.00 bits per heavy atom. The van der Waals surface area contributed by atoms with Gasteiger partial charge >= 0.3 is 0 Å². The van der Waals surface area contributed by atoms with Crippen LogP contribution in [0.2, 0.25) is 0 Å². The molecule has 1 heterocycles. The van der Waals surface area contributed by atoms with Crippen LogP contribution in [0.5, 0.6) is 0 Å². The number of anilines is 1. The summed E-state index contributed by atoms with van der Waals surface area (Å²) < 4.78 is 0. The third-order valence-corrected chi connectivity index (χ3v) is 2.39. The molecule has 0 saturated heterocycles. The molecule has 0 aliphatic rings. The summed E-state index contributed by atoms with van der Waals surface area (Å²) in [6, 6.07) is 7.93. The molecule has 0 aliphatic carbocycles. The monoisotopic (exact) mass is 237 g/mol. The highest BCUT2D eigenvalue weighted by Gasteiger charge is 2.00. The van der Waals surface area contributed by atoms with Crippen LogP contribution in [-0.2, 0) is 19.5 Å². The fourth-order valence-electron chi connectivity index (χ4n) is 1.34. The number of hydrogen-bond donors (Lipinski definition) is 1. The second kappa shape index (κ2) is 4.94. The van der Waals surface area contributed by atoms with Gasteiger partial charge in [-0.25, -0.2) is 0 Å². The molecule has 2 rings (SSSR count). The van der Waals surface area contributed by atoms with Crippen LogP contribution in [0.3, 0.4) is 0 Å². The molecule has 0 fully saturated rings. The number of halogens is 1. The zero-order chi connectivity index (χ0) is 11.4. The third-order valence-electron chi connectivity index (χ3n) is 2.08. The molecule has 5 nitrogen and oxygen atoms in total. The molecule has 0 radical (unpaired) electrons. The number of nitrogens with one attached hydrogen (secondary N) is 1. The Labute approximate surface area is 98.4 Å². The maximum absolute atomic E-state index is 5.75. The minimum atomic E-state index is 0.513. The zero-order valence-corrected chi connectivity index (χ0v) is 9.65. The molecule has 2 aromatic rings. The minimum absolute atomic E-state index is 0.513. The fraction of sp³-hybridized carbons (Fsp3) is 0.300. The summed E-state index contributed by atoms with van der Waals surface area (Å²) in [7, 11) is 1.74. The van der Waals surface area contributed by atoms with Gasteiger partial charge in [0.25, 0.3) is 0 Å². The first-order valence-corrected chi connectivity index (χ1v) is 5.43. The molecular weight excluding hydrogens is 226 g/mol. The molecule has 16 heavy (non-hydrogen) atoms. The van der Waals surface area contributed by atoms with E-state index in [0.717, 1.165) is 11.3 Å². The Kier molecular flexibility index (Phi) is 3.36. The van der Waals surface area contributed by atoms with E-state index in [4.69, 9.17) is 11.6 Å². The lowest BCUT2D eigenvalue weighted by atomic mass is 10.2. The quantitative estimate of drug-likeness (QED) is 0.820. The van der Waals surface area contributed by atoms with Crippen molar-refractivity contribution < 1.29 is 0 Å². The molecule has 0 spiro atoms. The number of aromatic nitrogens is 4. The number of tetrazole rings is 1. The largest absolute Gasteiger partial charge is 0.378 e. The Bertz CT molecular complexity index is 468. The van der Waals surface area contributed by atoms with Gasteiger partial charge in [0.05, 0.1) is 13.6 Å². The van der Waals surface area contributed by atoms with Gasteiger partial charge in [-0.2, -0.15) is 4.80 Å². The Balaban J connectivity index is 1.99. The lowest BCUT2D eigenvalue weighted by molar-refractivity contribution is 0.628. The highest BCUT2D eigenvalue weighted by atomic mass is 35.5. The van der Waals surface area contributed by atoms with Crippen molar-refractivity contribution >= 4 is 17.3 Å². The zero-order valence-electron chi connectivity index (χ0n) is 8.89. The molecule has 0 saturated carbocycles. The van der Waals surface area contributed by atoms with Crippen LogP contribution >= 0.6 is 11.6 Å². The Morgan fingerprint density at radius 2 is 2.31 bits per heavy atom. The summed E-state index contributed by atoms with van der Waals surface area (Å²) in [5, 5.41) is 14.9. The first kappa shape index (κ1) is 10.9. The van der Waals surface area contributed by atoms with Crippen LogP contribution in [0, 0.1) is 0 Å².